The average Bonchev–Trinajstić information content (AvgIpc) is 3.79. The predicted octanol–water partition coefficient (Wildman–Crippen LogP) is 17.6. The number of benzene rings is 4. The van der Waals surface area contributed by atoms with Gasteiger partial charge in [-0.1, -0.05) is 0 Å². The Morgan fingerprint density at radius 3 is 1.21 bits per heavy atom. The molecule has 0 aliphatic heterocycles. The molecule has 4 aromatic rings. The fraction of sp³-hybridized carbons (Fsp3) is 0.481. The molecule has 8 rings (SSSR count). The first kappa shape index (κ1) is 42.7. The van der Waals surface area contributed by atoms with Crippen LogP contribution in [0.15, 0.2) is 108 Å². The first-order valence-electron chi connectivity index (χ1n) is 23.5. The van der Waals surface area contributed by atoms with Gasteiger partial charge in [-0.2, -0.15) is 0 Å². The Morgan fingerprint density at radius 2 is 0.862 bits per heavy atom. The van der Waals surface area contributed by atoms with Crippen LogP contribution >= 0.6 is 17.0 Å². The van der Waals surface area contributed by atoms with Crippen LogP contribution < -0.4 is 0 Å². The van der Waals surface area contributed by atoms with Crippen molar-refractivity contribution in [3.05, 3.63) is 130 Å². The third kappa shape index (κ3) is 7.98. The summed E-state index contributed by atoms with van der Waals surface area (Å²) in [7, 11) is 18.5. The third-order valence-electron chi connectivity index (χ3n) is 16.2. The minimum absolute atomic E-state index is 0.110. The van der Waals surface area contributed by atoms with Gasteiger partial charge in [0.15, 0.2) is 0 Å². The molecule has 4 aliphatic carbocycles. The van der Waals surface area contributed by atoms with Crippen molar-refractivity contribution in [1.29, 1.82) is 0 Å². The van der Waals surface area contributed by atoms with Gasteiger partial charge in [-0.15, -0.1) is 0 Å². The second kappa shape index (κ2) is 17.8. The van der Waals surface area contributed by atoms with Crippen LogP contribution in [0, 0.1) is 10.8 Å². The maximum absolute atomic E-state index is 9.27. The molecule has 0 nitrogen and oxygen atoms in total. The van der Waals surface area contributed by atoms with Crippen LogP contribution in [0.3, 0.4) is 0 Å². The molecule has 4 heteroatoms. The predicted molar refractivity (Wildman–Crippen MR) is 255 cm³/mol. The molecule has 0 amide bonds. The zero-order valence-electron chi connectivity index (χ0n) is 36.1. The molecule has 0 spiro atoms. The van der Waals surface area contributed by atoms with Crippen LogP contribution in [0.1, 0.15) is 159 Å². The minimum atomic E-state index is -5.10. The van der Waals surface area contributed by atoms with E-state index in [4.69, 9.17) is 0 Å². The maximum atomic E-state index is 9.27. The molecule has 0 heterocycles. The zero-order chi connectivity index (χ0) is 40.4. The van der Waals surface area contributed by atoms with Crippen molar-refractivity contribution in [2.75, 3.05) is 0 Å². The van der Waals surface area contributed by atoms with Crippen molar-refractivity contribution in [1.82, 2.24) is 0 Å². The molecule has 0 saturated heterocycles. The molecule has 2 unspecified atom stereocenters. The normalized spacial score (nSPS) is 22.6. The summed E-state index contributed by atoms with van der Waals surface area (Å²) in [4.78, 5) is 0. The second-order valence-corrected chi connectivity index (χ2v) is 62.1. The van der Waals surface area contributed by atoms with E-state index >= 15 is 0 Å². The van der Waals surface area contributed by atoms with Crippen molar-refractivity contribution < 1.29 is 15.6 Å². The first-order valence-corrected chi connectivity index (χ1v) is 39.8. The van der Waals surface area contributed by atoms with Crippen molar-refractivity contribution >= 4 is 35.1 Å². The Balaban J connectivity index is 1.36. The van der Waals surface area contributed by atoms with Gasteiger partial charge in [0.1, 0.15) is 0 Å². The van der Waals surface area contributed by atoms with E-state index in [2.05, 4.69) is 136 Å². The van der Waals surface area contributed by atoms with Gasteiger partial charge >= 0.3 is 364 Å². The number of fused-ring (bicyclic) bond motifs is 2. The van der Waals surface area contributed by atoms with Gasteiger partial charge in [-0.25, -0.2) is 0 Å². The van der Waals surface area contributed by atoms with Gasteiger partial charge < -0.3 is 0 Å². The first-order chi connectivity index (χ1) is 28.1. The van der Waals surface area contributed by atoms with E-state index in [1.165, 1.54) is 147 Å². The number of halogens is 2. The van der Waals surface area contributed by atoms with E-state index in [9.17, 15) is 17.0 Å². The van der Waals surface area contributed by atoms with Crippen molar-refractivity contribution in [3.63, 3.8) is 0 Å². The van der Waals surface area contributed by atoms with E-state index in [1.54, 1.807) is 11.1 Å². The third-order valence-corrected chi connectivity index (χ3v) is 68.0. The molecular formula is C54H69Cl2SiZr. The Hall–Kier alpha value is -1.96. The van der Waals surface area contributed by atoms with Crippen LogP contribution in [0.4, 0.5) is 0 Å². The van der Waals surface area contributed by atoms with Crippen LogP contribution in [-0.4, -0.2) is 5.92 Å². The summed E-state index contributed by atoms with van der Waals surface area (Å²) in [6.45, 7) is 10.1. The summed E-state index contributed by atoms with van der Waals surface area (Å²) in [5, 5.41) is 0. The van der Waals surface area contributed by atoms with Gasteiger partial charge in [0.2, 0.25) is 0 Å². The van der Waals surface area contributed by atoms with Gasteiger partial charge in [0, 0.05) is 0 Å². The number of hydrogen-bond donors (Lipinski definition) is 0. The summed E-state index contributed by atoms with van der Waals surface area (Å²) in [6, 6.07) is 36.5. The fourth-order valence-electron chi connectivity index (χ4n) is 12.6. The Kier molecular flexibility index (Phi) is 13.1. The number of allylic oxidation sites excluding steroid dienone is 2. The quantitative estimate of drug-likeness (QED) is 0.132. The molecule has 0 aromatic heterocycles. The topological polar surface area (TPSA) is 0 Å². The molecule has 58 heavy (non-hydrogen) atoms. The average molecular weight is 908 g/mol. The monoisotopic (exact) mass is 905 g/mol. The number of hydrogen-bond acceptors (Lipinski definition) is 0. The van der Waals surface area contributed by atoms with Gasteiger partial charge in [0.05, 0.1) is 0 Å². The summed E-state index contributed by atoms with van der Waals surface area (Å²) >= 11 is -5.10. The SMILES string of the molecule is CCC1(CC2=Cc3c(-c4ccccc4)cccc3[CH]2[Zr]([Cl])([Cl])([CH]2C(CC3(CC)CCCCCCC3)=Cc3c(-c4ccccc4)cccc32)[SiH](C)C)CCCCCCC1. The molecule has 0 radical (unpaired) electrons. The van der Waals surface area contributed by atoms with E-state index in [0.717, 1.165) is 12.8 Å². The fourth-order valence-corrected chi connectivity index (χ4v) is 43.9. The summed E-state index contributed by atoms with van der Waals surface area (Å²) in [5.74, 6) is -1.74. The van der Waals surface area contributed by atoms with Crippen molar-refractivity contribution in [2.24, 2.45) is 10.8 Å². The van der Waals surface area contributed by atoms with E-state index in [-0.39, 0.29) is 7.25 Å². The molecule has 307 valence electrons. The summed E-state index contributed by atoms with van der Waals surface area (Å²) < 4.78 is 0.220. The Morgan fingerprint density at radius 1 is 0.500 bits per heavy atom. The van der Waals surface area contributed by atoms with Gasteiger partial charge in [-0.3, -0.25) is 0 Å². The Bertz CT molecular complexity index is 1950. The van der Waals surface area contributed by atoms with Crippen LogP contribution in [0.25, 0.3) is 34.4 Å². The van der Waals surface area contributed by atoms with Crippen LogP contribution in [0.5, 0.6) is 0 Å². The van der Waals surface area contributed by atoms with Gasteiger partial charge in [-0.05, 0) is 0 Å². The molecular weight excluding hydrogens is 839 g/mol. The molecule has 2 fully saturated rings. The molecule has 2 atom stereocenters. The molecule has 4 aliphatic rings. The number of rotatable bonds is 11. The molecule has 0 bridgehead atoms. The Labute approximate surface area is 361 Å². The van der Waals surface area contributed by atoms with E-state index < -0.39 is 21.5 Å². The zero-order valence-corrected chi connectivity index (χ0v) is 41.2. The van der Waals surface area contributed by atoms with Crippen LogP contribution in [0.2, 0.25) is 13.1 Å². The van der Waals surface area contributed by atoms with Crippen LogP contribution in [-0.2, 0) is 15.6 Å². The summed E-state index contributed by atoms with van der Waals surface area (Å²) in [5.41, 5.74) is 14.7. The standard InChI is InChI=1S/2C26H31.C2H7Si.2ClH.Zr/c2*1-2-26(16-9-4-3-5-10-17-26)20-21-18-23-14-11-15-24(25(23)19-21)22-12-7-6-8-13-22;1-3-2;;;/h2*6-8,11-15,18-19H,2-5,9-10,16-17,20H2,1H3;3H,1-2H3;2*1H;/q;;;;;+2/p-2. The molecule has 4 aromatic carbocycles. The molecule has 0 N–H and O–H groups in total. The van der Waals surface area contributed by atoms with Crippen molar-refractivity contribution in [3.8, 4) is 22.3 Å². The summed E-state index contributed by atoms with van der Waals surface area (Å²) in [6.07, 6.45) is 28.9. The van der Waals surface area contributed by atoms with E-state index in [1.807, 2.05) is 0 Å². The van der Waals surface area contributed by atoms with Crippen molar-refractivity contribution in [2.45, 2.75) is 150 Å². The van der Waals surface area contributed by atoms with Gasteiger partial charge in [0.25, 0.3) is 0 Å². The molecule has 2 saturated carbocycles. The second-order valence-electron chi connectivity index (χ2n) is 19.6. The van der Waals surface area contributed by atoms with E-state index in [0.29, 0.717) is 10.8 Å².